The van der Waals surface area contributed by atoms with Crippen LogP contribution in [-0.2, 0) is 14.4 Å². The highest BCUT2D eigenvalue weighted by Crippen LogP contribution is 2.38. The molecule has 35 heavy (non-hydrogen) atoms. The summed E-state index contributed by atoms with van der Waals surface area (Å²) in [5, 5.41) is 14.7. The molecule has 0 radical (unpaired) electrons. The number of ether oxygens (including phenoxy) is 3. The van der Waals surface area contributed by atoms with Gasteiger partial charge in [-0.1, -0.05) is 0 Å². The van der Waals surface area contributed by atoms with E-state index in [2.05, 4.69) is 10.6 Å². The summed E-state index contributed by atoms with van der Waals surface area (Å²) in [6, 6.07) is 3.40. The van der Waals surface area contributed by atoms with E-state index in [1.165, 1.54) is 38.1 Å². The Morgan fingerprint density at radius 2 is 1.57 bits per heavy atom. The second kappa shape index (κ2) is 14.5. The van der Waals surface area contributed by atoms with E-state index in [-0.39, 0.29) is 24.4 Å². The van der Waals surface area contributed by atoms with Crippen LogP contribution in [0.1, 0.15) is 12.0 Å². The molecule has 1 rings (SSSR count). The Labute approximate surface area is 204 Å². The number of methoxy groups -OCH3 is 2. The number of aryl methyl sites for hydroxylation is 1. The average molecular weight is 495 g/mol. The van der Waals surface area contributed by atoms with Crippen molar-refractivity contribution in [2.24, 2.45) is 0 Å². The van der Waals surface area contributed by atoms with Crippen molar-refractivity contribution in [3.05, 3.63) is 29.3 Å². The average Bonchev–Trinajstić information content (AvgIpc) is 2.82. The van der Waals surface area contributed by atoms with Crippen molar-refractivity contribution in [1.82, 2.24) is 20.4 Å². The lowest BCUT2D eigenvalue weighted by Crippen LogP contribution is -2.38. The number of aliphatic carboxylic acids is 1. The molecule has 3 N–H and O–H groups in total. The number of nitrogens with one attached hydrogen (secondary N) is 2. The van der Waals surface area contributed by atoms with Crippen LogP contribution in [0.3, 0.4) is 0 Å². The van der Waals surface area contributed by atoms with Gasteiger partial charge in [0.1, 0.15) is 0 Å². The molecule has 0 saturated carbocycles. The fourth-order valence-corrected chi connectivity index (χ4v) is 2.79. The molecule has 0 bridgehead atoms. The Bertz CT molecular complexity index is 922. The second-order valence-electron chi connectivity index (χ2n) is 7.65. The van der Waals surface area contributed by atoms with E-state index < -0.39 is 30.3 Å². The topological polar surface area (TPSA) is 147 Å². The lowest BCUT2D eigenvalue weighted by molar-refractivity contribution is -0.134. The molecular formula is C23H34N4O8. The number of rotatable bonds is 13. The van der Waals surface area contributed by atoms with Gasteiger partial charge < -0.3 is 39.8 Å². The van der Waals surface area contributed by atoms with Crippen LogP contribution in [0.2, 0.25) is 0 Å². The Morgan fingerprint density at radius 1 is 1.00 bits per heavy atom. The molecule has 0 aliphatic heterocycles. The highest BCUT2D eigenvalue weighted by molar-refractivity contribution is 6.01. The maximum absolute atomic E-state index is 12.6. The molecule has 12 heteroatoms. The third-order valence-electron chi connectivity index (χ3n) is 4.87. The third kappa shape index (κ3) is 9.53. The van der Waals surface area contributed by atoms with Gasteiger partial charge in [-0.25, -0.2) is 9.59 Å². The number of likely N-dealkylation sites (N-methyl/N-ethyl adjacent to an activating group) is 3. The van der Waals surface area contributed by atoms with Crippen LogP contribution >= 0.6 is 0 Å². The first-order valence-electron chi connectivity index (χ1n) is 10.8. The summed E-state index contributed by atoms with van der Waals surface area (Å²) in [5.41, 5.74) is 0.520. The molecule has 0 aliphatic carbocycles. The normalized spacial score (nSPS) is 10.9. The number of amides is 3. The molecule has 0 unspecified atom stereocenters. The predicted octanol–water partition coefficient (Wildman–Crippen LogP) is 0.638. The van der Waals surface area contributed by atoms with Gasteiger partial charge in [0.05, 0.1) is 26.2 Å². The zero-order valence-electron chi connectivity index (χ0n) is 21.0. The summed E-state index contributed by atoms with van der Waals surface area (Å²) in [4.78, 5) is 50.8. The molecule has 0 aromatic heterocycles. The van der Waals surface area contributed by atoms with E-state index in [1.807, 2.05) is 6.92 Å². The van der Waals surface area contributed by atoms with Crippen molar-refractivity contribution in [3.63, 3.8) is 0 Å². The summed E-state index contributed by atoms with van der Waals surface area (Å²) in [6.45, 7) is 2.89. The monoisotopic (exact) mass is 494 g/mol. The van der Waals surface area contributed by atoms with Crippen LogP contribution in [0.4, 0.5) is 4.79 Å². The molecule has 3 amide bonds. The van der Waals surface area contributed by atoms with Gasteiger partial charge in [0.2, 0.25) is 17.6 Å². The number of hydrogen-bond donors (Lipinski definition) is 3. The van der Waals surface area contributed by atoms with Crippen molar-refractivity contribution in [2.75, 3.05) is 61.5 Å². The Kier molecular flexibility index (Phi) is 12.1. The number of nitrogens with zero attached hydrogens (tertiary/aromatic N) is 2. The number of carboxylic acids is 1. The van der Waals surface area contributed by atoms with Crippen molar-refractivity contribution < 1.29 is 38.5 Å². The van der Waals surface area contributed by atoms with Crippen molar-refractivity contribution >= 4 is 23.9 Å². The van der Waals surface area contributed by atoms with Gasteiger partial charge in [0.25, 0.3) is 0 Å². The van der Waals surface area contributed by atoms with E-state index in [9.17, 15) is 24.3 Å². The number of hydrogen-bond acceptors (Lipinski definition) is 8. The quantitative estimate of drug-likeness (QED) is 0.265. The van der Waals surface area contributed by atoms with Gasteiger partial charge in [-0.05, 0) is 31.7 Å². The molecule has 12 nitrogen and oxygen atoms in total. The van der Waals surface area contributed by atoms with Crippen LogP contribution in [0, 0.1) is 6.92 Å². The molecule has 0 spiro atoms. The molecule has 1 aromatic rings. The van der Waals surface area contributed by atoms with Crippen LogP contribution in [-0.4, -0.2) is 100 Å². The van der Waals surface area contributed by atoms with Crippen LogP contribution < -0.4 is 24.8 Å². The SMILES string of the molecule is CNCCNC(=O)C/C(=C/C(=O)N(C)CCN(C)C(=O)Oc1c(OC)cc(C)cc1OC)C(=O)O. The standard InChI is InChI=1S/C23H34N4O8/c1-15-11-17(33-5)21(18(12-15)34-6)35-23(32)27(4)10-9-26(3)20(29)14-16(22(30)31)13-19(28)25-8-7-24-2/h11-12,14,24H,7-10,13H2,1-6H3,(H,25,28)(H,30,31)/b16-14-. The number of carbonyl (C=O) groups excluding carboxylic acids is 3. The van der Waals surface area contributed by atoms with Gasteiger partial charge in [-0.2, -0.15) is 0 Å². The molecule has 0 heterocycles. The first-order valence-corrected chi connectivity index (χ1v) is 10.8. The smallest absolute Gasteiger partial charge is 0.415 e. The largest absolute Gasteiger partial charge is 0.493 e. The van der Waals surface area contributed by atoms with E-state index in [4.69, 9.17) is 14.2 Å². The van der Waals surface area contributed by atoms with Crippen molar-refractivity contribution in [3.8, 4) is 17.2 Å². The van der Waals surface area contributed by atoms with Gasteiger partial charge in [0.15, 0.2) is 11.5 Å². The Morgan fingerprint density at radius 3 is 2.09 bits per heavy atom. The fourth-order valence-electron chi connectivity index (χ4n) is 2.79. The maximum atomic E-state index is 12.6. The molecule has 0 fully saturated rings. The fraction of sp³-hybridized carbons (Fsp3) is 0.478. The summed E-state index contributed by atoms with van der Waals surface area (Å²) >= 11 is 0. The van der Waals surface area contributed by atoms with Gasteiger partial charge in [-0.15, -0.1) is 0 Å². The van der Waals surface area contributed by atoms with Crippen molar-refractivity contribution in [2.45, 2.75) is 13.3 Å². The number of benzene rings is 1. The minimum atomic E-state index is -1.36. The first kappa shape index (κ1) is 29.2. The van der Waals surface area contributed by atoms with Crippen molar-refractivity contribution in [1.29, 1.82) is 0 Å². The van der Waals surface area contributed by atoms with Crippen LogP contribution in [0.15, 0.2) is 23.8 Å². The maximum Gasteiger partial charge on any atom is 0.415 e. The number of carboxylic acid groups (broad SMARTS) is 1. The predicted molar refractivity (Wildman–Crippen MR) is 128 cm³/mol. The summed E-state index contributed by atoms with van der Waals surface area (Å²) in [7, 11) is 7.55. The molecule has 194 valence electrons. The molecule has 0 aliphatic rings. The highest BCUT2D eigenvalue weighted by atomic mass is 16.6. The summed E-state index contributed by atoms with van der Waals surface area (Å²) in [6.07, 6.45) is -0.239. The molecule has 0 saturated heterocycles. The van der Waals surface area contributed by atoms with E-state index in [0.717, 1.165) is 11.6 Å². The van der Waals surface area contributed by atoms with Crippen LogP contribution in [0.25, 0.3) is 0 Å². The van der Waals surface area contributed by atoms with Crippen LogP contribution in [0.5, 0.6) is 17.2 Å². The van der Waals surface area contributed by atoms with E-state index in [1.54, 1.807) is 19.2 Å². The minimum absolute atomic E-state index is 0.0877. The zero-order chi connectivity index (χ0) is 26.5. The minimum Gasteiger partial charge on any atom is -0.493 e. The molecular weight excluding hydrogens is 460 g/mol. The third-order valence-corrected chi connectivity index (χ3v) is 4.87. The Hall–Kier alpha value is -3.80. The van der Waals surface area contributed by atoms with Gasteiger partial charge in [-0.3, -0.25) is 9.59 Å². The zero-order valence-corrected chi connectivity index (χ0v) is 21.0. The summed E-state index contributed by atoms with van der Waals surface area (Å²) in [5.74, 6) is -1.70. The molecule has 0 atom stereocenters. The Balaban J connectivity index is 2.75. The second-order valence-corrected chi connectivity index (χ2v) is 7.65. The molecule has 1 aromatic carbocycles. The van der Waals surface area contributed by atoms with E-state index >= 15 is 0 Å². The lowest BCUT2D eigenvalue weighted by atomic mass is 10.1. The van der Waals surface area contributed by atoms with Gasteiger partial charge in [0, 0.05) is 46.4 Å². The lowest BCUT2D eigenvalue weighted by Gasteiger charge is -2.22. The summed E-state index contributed by atoms with van der Waals surface area (Å²) < 4.78 is 16.0. The van der Waals surface area contributed by atoms with Gasteiger partial charge >= 0.3 is 12.1 Å². The number of carbonyl (C=O) groups is 4. The first-order chi connectivity index (χ1) is 16.5. The highest BCUT2D eigenvalue weighted by Gasteiger charge is 2.21. The van der Waals surface area contributed by atoms with E-state index in [0.29, 0.717) is 24.6 Å².